The number of carbonyl (C=O) groups is 1. The van der Waals surface area contributed by atoms with Crippen LogP contribution in [-0.4, -0.2) is 71.6 Å². The minimum absolute atomic E-state index is 0.0292. The summed E-state index contributed by atoms with van der Waals surface area (Å²) in [6.07, 6.45) is -1.16. The van der Waals surface area contributed by atoms with E-state index in [2.05, 4.69) is 16.0 Å². The summed E-state index contributed by atoms with van der Waals surface area (Å²) in [7, 11) is 0. The topological polar surface area (TPSA) is 106 Å². The highest BCUT2D eigenvalue weighted by Gasteiger charge is 2.47. The maximum absolute atomic E-state index is 11.7. The average molecular weight is 258 g/mol. The third-order valence-corrected chi connectivity index (χ3v) is 3.78. The Morgan fingerprint density at radius 2 is 2.28 bits per heavy atom. The monoisotopic (exact) mass is 258 g/mol. The number of rotatable bonds is 2. The number of hydrogen-bond acceptors (Lipinski definition) is 7. The Morgan fingerprint density at radius 1 is 1.44 bits per heavy atom. The third-order valence-electron chi connectivity index (χ3n) is 3.78. The fraction of sp³-hybridized carbons (Fsp3) is 0.900. The summed E-state index contributed by atoms with van der Waals surface area (Å²) in [5.41, 5.74) is 0. The van der Waals surface area contributed by atoms with Gasteiger partial charge in [0.25, 0.3) is 0 Å². The van der Waals surface area contributed by atoms with E-state index in [1.54, 1.807) is 0 Å². The van der Waals surface area contributed by atoms with Crippen LogP contribution in [0.25, 0.3) is 0 Å². The van der Waals surface area contributed by atoms with Gasteiger partial charge in [0.15, 0.2) is 0 Å². The zero-order valence-corrected chi connectivity index (χ0v) is 9.87. The molecule has 0 aliphatic carbocycles. The van der Waals surface area contributed by atoms with Crippen molar-refractivity contribution < 1.29 is 19.7 Å². The van der Waals surface area contributed by atoms with Gasteiger partial charge in [-0.1, -0.05) is 0 Å². The number of aliphatic hydroxyl groups excluding tert-OH is 2. The van der Waals surface area contributed by atoms with Crippen LogP contribution in [0.4, 0.5) is 0 Å². The molecule has 0 bridgehead atoms. The van der Waals surface area contributed by atoms with Gasteiger partial charge >= 0.3 is 0 Å². The Labute approximate surface area is 104 Å². The first-order valence-corrected chi connectivity index (χ1v) is 6.15. The average Bonchev–Trinajstić information content (AvgIpc) is 2.93. The number of fused-ring (bicyclic) bond motifs is 1. The van der Waals surface area contributed by atoms with Gasteiger partial charge in [0.05, 0.1) is 32.2 Å². The van der Waals surface area contributed by atoms with Crippen molar-refractivity contribution in [1.29, 1.82) is 0 Å². The van der Waals surface area contributed by atoms with Gasteiger partial charge in [-0.15, -0.1) is 0 Å². The second-order valence-corrected chi connectivity index (χ2v) is 4.84. The summed E-state index contributed by atoms with van der Waals surface area (Å²) >= 11 is 0. The molecule has 1 amide bonds. The Balaban J connectivity index is 1.69. The first kappa shape index (κ1) is 12.3. The van der Waals surface area contributed by atoms with E-state index in [1.165, 1.54) is 0 Å². The Morgan fingerprint density at radius 3 is 3.00 bits per heavy atom. The summed E-state index contributed by atoms with van der Waals surface area (Å²) in [4.78, 5) is 13.6. The molecule has 3 saturated heterocycles. The molecule has 2 unspecified atom stereocenters. The molecule has 5 N–H and O–H groups in total. The van der Waals surface area contributed by atoms with Gasteiger partial charge in [-0.3, -0.25) is 15.4 Å². The summed E-state index contributed by atoms with van der Waals surface area (Å²) < 4.78 is 5.61. The molecule has 0 saturated carbocycles. The molecule has 0 aromatic carbocycles. The highest BCUT2D eigenvalue weighted by molar-refractivity contribution is 5.83. The van der Waals surface area contributed by atoms with Crippen LogP contribution in [0, 0.1) is 0 Å². The van der Waals surface area contributed by atoms with Crippen LogP contribution in [0.1, 0.15) is 6.42 Å². The third kappa shape index (κ3) is 1.91. The van der Waals surface area contributed by atoms with Gasteiger partial charge in [-0.25, -0.2) is 4.90 Å². The van der Waals surface area contributed by atoms with Crippen LogP contribution in [0.3, 0.4) is 0 Å². The van der Waals surface area contributed by atoms with E-state index < -0.39 is 12.2 Å². The quantitative estimate of drug-likeness (QED) is 0.353. The van der Waals surface area contributed by atoms with Gasteiger partial charge in [0.1, 0.15) is 18.4 Å². The molecule has 3 heterocycles. The number of hydrogen-bond donors (Lipinski definition) is 5. The van der Waals surface area contributed by atoms with Gasteiger partial charge in [-0.05, 0) is 0 Å². The van der Waals surface area contributed by atoms with E-state index in [9.17, 15) is 9.90 Å². The molecular weight excluding hydrogens is 240 g/mol. The van der Waals surface area contributed by atoms with Crippen LogP contribution < -0.4 is 16.0 Å². The molecule has 0 aromatic rings. The van der Waals surface area contributed by atoms with Crippen LogP contribution in [0.2, 0.25) is 0 Å². The van der Waals surface area contributed by atoms with E-state index >= 15 is 0 Å². The molecule has 0 aromatic heterocycles. The second-order valence-electron chi connectivity index (χ2n) is 4.84. The summed E-state index contributed by atoms with van der Waals surface area (Å²) in [6, 6.07) is -0.298. The smallest absolute Gasteiger partial charge is 0.241 e. The van der Waals surface area contributed by atoms with Crippen LogP contribution >= 0.6 is 0 Å². The summed E-state index contributed by atoms with van der Waals surface area (Å²) in [5.74, 6) is -0.0292. The van der Waals surface area contributed by atoms with Crippen molar-refractivity contribution in [3.8, 4) is 0 Å². The van der Waals surface area contributed by atoms with Crippen LogP contribution in [0.5, 0.6) is 0 Å². The minimum atomic E-state index is -0.656. The maximum atomic E-state index is 11.7. The number of amides is 1. The Hall–Kier alpha value is -0.770. The largest absolute Gasteiger partial charge is 0.394 e. The van der Waals surface area contributed by atoms with Crippen LogP contribution in [-0.2, 0) is 9.53 Å². The normalized spacial score (nSPS) is 45.0. The van der Waals surface area contributed by atoms with Gasteiger partial charge in [0.2, 0.25) is 5.91 Å². The summed E-state index contributed by atoms with van der Waals surface area (Å²) in [6.45, 7) is 0.753. The van der Waals surface area contributed by atoms with Crippen molar-refractivity contribution in [1.82, 2.24) is 20.9 Å². The first-order valence-electron chi connectivity index (χ1n) is 6.15. The number of nitrogens with zero attached hydrogens (tertiary/aromatic N) is 1. The summed E-state index contributed by atoms with van der Waals surface area (Å²) in [5, 5.41) is 27.8. The van der Waals surface area contributed by atoms with E-state index in [1.807, 2.05) is 4.90 Å². The Bertz CT molecular complexity index is 342. The molecule has 3 fully saturated rings. The highest BCUT2D eigenvalue weighted by atomic mass is 16.5. The lowest BCUT2D eigenvalue weighted by atomic mass is 10.1. The lowest BCUT2D eigenvalue weighted by Crippen LogP contribution is -2.63. The predicted molar refractivity (Wildman–Crippen MR) is 59.9 cm³/mol. The molecule has 102 valence electrons. The van der Waals surface area contributed by atoms with Crippen molar-refractivity contribution in [2.45, 2.75) is 37.1 Å². The fourth-order valence-electron chi connectivity index (χ4n) is 2.79. The van der Waals surface area contributed by atoms with Crippen LogP contribution in [0.15, 0.2) is 0 Å². The molecule has 3 aliphatic rings. The molecule has 8 nitrogen and oxygen atoms in total. The van der Waals surface area contributed by atoms with Gasteiger partial charge < -0.3 is 20.3 Å². The number of nitrogens with one attached hydrogen (secondary N) is 3. The molecular formula is C10H18N4O4. The van der Waals surface area contributed by atoms with Crippen molar-refractivity contribution in [2.75, 3.05) is 19.9 Å². The van der Waals surface area contributed by atoms with Crippen molar-refractivity contribution in [3.63, 3.8) is 0 Å². The molecule has 3 aliphatic heterocycles. The molecule has 18 heavy (non-hydrogen) atoms. The molecule has 8 heteroatoms. The zero-order valence-electron chi connectivity index (χ0n) is 9.87. The van der Waals surface area contributed by atoms with Gasteiger partial charge in [-0.2, -0.15) is 0 Å². The predicted octanol–water partition coefficient (Wildman–Crippen LogP) is -3.31. The standard InChI is InChI=1S/C10H18N4O4/c15-2-6-5(16)1-7(18-6)14-4-13-8-9(14)11-3-12-10(8)17/h5-9,11,13,15-16H,1-4H2,(H,12,17)/t5-,6+,7+,8?,9?/m0/s1. The molecule has 0 radical (unpaired) electrons. The number of aliphatic hydroxyl groups is 2. The first-order chi connectivity index (χ1) is 8.70. The Kier molecular flexibility index (Phi) is 3.22. The number of carbonyl (C=O) groups excluding carboxylic acids is 1. The fourth-order valence-corrected chi connectivity index (χ4v) is 2.79. The lowest BCUT2D eigenvalue weighted by molar-refractivity contribution is -0.128. The van der Waals surface area contributed by atoms with Crippen molar-refractivity contribution in [2.24, 2.45) is 0 Å². The molecule has 0 spiro atoms. The van der Waals surface area contributed by atoms with E-state index in [0.29, 0.717) is 19.8 Å². The van der Waals surface area contributed by atoms with Gasteiger partial charge in [0, 0.05) is 6.42 Å². The maximum Gasteiger partial charge on any atom is 0.241 e. The van der Waals surface area contributed by atoms with E-state index in [4.69, 9.17) is 9.84 Å². The number of ether oxygens (including phenoxy) is 1. The highest BCUT2D eigenvalue weighted by Crippen LogP contribution is 2.27. The molecule has 5 atom stereocenters. The van der Waals surface area contributed by atoms with E-state index in [0.717, 1.165) is 0 Å². The minimum Gasteiger partial charge on any atom is -0.394 e. The SMILES string of the molecule is O=C1NCNC2C1NCN2[C@H]1C[C@H](O)[C@@H](CO)O1. The second kappa shape index (κ2) is 4.72. The van der Waals surface area contributed by atoms with Crippen molar-refractivity contribution in [3.05, 3.63) is 0 Å². The van der Waals surface area contributed by atoms with E-state index in [-0.39, 0.29) is 30.9 Å². The van der Waals surface area contributed by atoms with Crippen molar-refractivity contribution >= 4 is 5.91 Å². The zero-order chi connectivity index (χ0) is 12.7. The lowest BCUT2D eigenvalue weighted by Gasteiger charge is -2.34. The molecule has 3 rings (SSSR count).